The molecule has 96 valence electrons. The molecule has 2 aromatic rings. The van der Waals surface area contributed by atoms with Gasteiger partial charge in [-0.05, 0) is 37.4 Å². The van der Waals surface area contributed by atoms with Crippen molar-refractivity contribution >= 4 is 16.8 Å². The SMILES string of the molecule is CCCC(=O)n1cc(CCCN)c2ccccc21. The molecule has 0 unspecified atom stereocenters. The zero-order valence-electron chi connectivity index (χ0n) is 10.9. The van der Waals surface area contributed by atoms with Gasteiger partial charge in [0, 0.05) is 18.0 Å². The highest BCUT2D eigenvalue weighted by Gasteiger charge is 2.12. The first-order valence-electron chi connectivity index (χ1n) is 6.60. The second-order valence-electron chi connectivity index (χ2n) is 4.58. The summed E-state index contributed by atoms with van der Waals surface area (Å²) in [5, 5.41) is 1.18. The summed E-state index contributed by atoms with van der Waals surface area (Å²) >= 11 is 0. The molecule has 2 rings (SSSR count). The fourth-order valence-corrected chi connectivity index (χ4v) is 2.28. The topological polar surface area (TPSA) is 48.0 Å². The van der Waals surface area contributed by atoms with Crippen LogP contribution < -0.4 is 5.73 Å². The Morgan fingerprint density at radius 2 is 2.11 bits per heavy atom. The van der Waals surface area contributed by atoms with Crippen LogP contribution in [-0.2, 0) is 6.42 Å². The van der Waals surface area contributed by atoms with E-state index in [2.05, 4.69) is 6.07 Å². The molecule has 1 aromatic carbocycles. The van der Waals surface area contributed by atoms with Gasteiger partial charge in [0.2, 0.25) is 5.91 Å². The van der Waals surface area contributed by atoms with Crippen molar-refractivity contribution in [3.63, 3.8) is 0 Å². The number of rotatable bonds is 5. The van der Waals surface area contributed by atoms with Gasteiger partial charge in [0.15, 0.2) is 0 Å². The van der Waals surface area contributed by atoms with Crippen LogP contribution in [0.1, 0.15) is 36.5 Å². The molecule has 0 aliphatic heterocycles. The fourth-order valence-electron chi connectivity index (χ4n) is 2.28. The number of carbonyl (C=O) groups is 1. The highest BCUT2D eigenvalue weighted by molar-refractivity contribution is 5.94. The third-order valence-corrected chi connectivity index (χ3v) is 3.18. The highest BCUT2D eigenvalue weighted by atomic mass is 16.2. The highest BCUT2D eigenvalue weighted by Crippen LogP contribution is 2.22. The van der Waals surface area contributed by atoms with Crippen LogP contribution in [0.25, 0.3) is 10.9 Å². The van der Waals surface area contributed by atoms with E-state index in [1.807, 2.05) is 31.3 Å². The third kappa shape index (κ3) is 2.46. The number of nitrogens with two attached hydrogens (primary N) is 1. The molecule has 0 saturated carbocycles. The maximum atomic E-state index is 12.1. The molecule has 0 amide bonds. The maximum absolute atomic E-state index is 12.1. The molecule has 1 aromatic heterocycles. The van der Waals surface area contributed by atoms with Crippen molar-refractivity contribution in [2.75, 3.05) is 6.54 Å². The zero-order chi connectivity index (χ0) is 13.0. The van der Waals surface area contributed by atoms with Gasteiger partial charge in [-0.2, -0.15) is 0 Å². The van der Waals surface area contributed by atoms with Crippen LogP contribution in [0.15, 0.2) is 30.5 Å². The summed E-state index contributed by atoms with van der Waals surface area (Å²) in [5.41, 5.74) is 7.80. The van der Waals surface area contributed by atoms with E-state index in [1.165, 1.54) is 10.9 Å². The average molecular weight is 244 g/mol. The minimum Gasteiger partial charge on any atom is -0.330 e. The van der Waals surface area contributed by atoms with Gasteiger partial charge in [-0.3, -0.25) is 9.36 Å². The van der Waals surface area contributed by atoms with Crippen LogP contribution in [0.5, 0.6) is 0 Å². The molecule has 0 radical (unpaired) electrons. The summed E-state index contributed by atoms with van der Waals surface area (Å²) in [7, 11) is 0. The molecule has 0 fully saturated rings. The molecule has 3 nitrogen and oxygen atoms in total. The first-order valence-corrected chi connectivity index (χ1v) is 6.60. The molecule has 0 spiro atoms. The summed E-state index contributed by atoms with van der Waals surface area (Å²) in [4.78, 5) is 12.1. The largest absolute Gasteiger partial charge is 0.330 e. The number of nitrogens with zero attached hydrogens (tertiary/aromatic N) is 1. The molecule has 18 heavy (non-hydrogen) atoms. The number of benzene rings is 1. The van der Waals surface area contributed by atoms with Crippen LogP contribution in [0.3, 0.4) is 0 Å². The van der Waals surface area contributed by atoms with E-state index in [0.717, 1.165) is 24.8 Å². The van der Waals surface area contributed by atoms with Gasteiger partial charge in [-0.25, -0.2) is 0 Å². The van der Waals surface area contributed by atoms with Crippen molar-refractivity contribution in [2.24, 2.45) is 5.73 Å². The summed E-state index contributed by atoms with van der Waals surface area (Å²) in [6.07, 6.45) is 5.34. The van der Waals surface area contributed by atoms with Gasteiger partial charge in [0.1, 0.15) is 0 Å². The quantitative estimate of drug-likeness (QED) is 0.879. The third-order valence-electron chi connectivity index (χ3n) is 3.18. The number of fused-ring (bicyclic) bond motifs is 1. The number of carbonyl (C=O) groups excluding carboxylic acids is 1. The van der Waals surface area contributed by atoms with E-state index in [1.54, 1.807) is 4.57 Å². The van der Waals surface area contributed by atoms with Crippen molar-refractivity contribution in [1.29, 1.82) is 0 Å². The number of hydrogen-bond donors (Lipinski definition) is 1. The van der Waals surface area contributed by atoms with Crippen LogP contribution >= 0.6 is 0 Å². The van der Waals surface area contributed by atoms with Crippen LogP contribution in [0.2, 0.25) is 0 Å². The van der Waals surface area contributed by atoms with Crippen LogP contribution in [0, 0.1) is 0 Å². The molecule has 0 aliphatic rings. The van der Waals surface area contributed by atoms with Crippen molar-refractivity contribution < 1.29 is 4.79 Å². The second kappa shape index (κ2) is 5.83. The first-order chi connectivity index (χ1) is 8.77. The Hall–Kier alpha value is -1.61. The maximum Gasteiger partial charge on any atom is 0.231 e. The van der Waals surface area contributed by atoms with Gasteiger partial charge in [0.05, 0.1) is 5.52 Å². The smallest absolute Gasteiger partial charge is 0.231 e. The predicted octanol–water partition coefficient (Wildman–Crippen LogP) is 2.97. The number of aromatic nitrogens is 1. The van der Waals surface area contributed by atoms with Gasteiger partial charge < -0.3 is 5.73 Å². The molecule has 3 heteroatoms. The lowest BCUT2D eigenvalue weighted by atomic mass is 10.1. The summed E-state index contributed by atoms with van der Waals surface area (Å²) in [6.45, 7) is 2.71. The monoisotopic (exact) mass is 244 g/mol. The van der Waals surface area contributed by atoms with E-state index < -0.39 is 0 Å². The summed E-state index contributed by atoms with van der Waals surface area (Å²) < 4.78 is 1.80. The normalized spacial score (nSPS) is 11.0. The molecular formula is C15H20N2O. The fraction of sp³-hybridized carbons (Fsp3) is 0.400. The van der Waals surface area contributed by atoms with E-state index in [-0.39, 0.29) is 5.91 Å². The minimum absolute atomic E-state index is 0.174. The Morgan fingerprint density at radius 1 is 1.33 bits per heavy atom. The zero-order valence-corrected chi connectivity index (χ0v) is 10.9. The average Bonchev–Trinajstić information content (AvgIpc) is 2.76. The minimum atomic E-state index is 0.174. The molecule has 0 atom stereocenters. The van der Waals surface area contributed by atoms with Crippen LogP contribution in [-0.4, -0.2) is 17.0 Å². The summed E-state index contributed by atoms with van der Waals surface area (Å²) in [5.74, 6) is 0.174. The summed E-state index contributed by atoms with van der Waals surface area (Å²) in [6, 6.07) is 8.08. The van der Waals surface area contributed by atoms with Gasteiger partial charge in [0.25, 0.3) is 0 Å². The molecule has 0 aliphatic carbocycles. The van der Waals surface area contributed by atoms with Gasteiger partial charge in [-0.15, -0.1) is 0 Å². The number of hydrogen-bond acceptors (Lipinski definition) is 2. The number of para-hydroxylation sites is 1. The molecule has 0 saturated heterocycles. The van der Waals surface area contributed by atoms with Crippen LogP contribution in [0.4, 0.5) is 0 Å². The van der Waals surface area contributed by atoms with Crippen molar-refractivity contribution in [1.82, 2.24) is 4.57 Å². The Balaban J connectivity index is 2.43. The number of aryl methyl sites for hydroxylation is 1. The molecular weight excluding hydrogens is 224 g/mol. The Bertz CT molecular complexity index is 542. The van der Waals surface area contributed by atoms with Crippen molar-refractivity contribution in [3.8, 4) is 0 Å². The Labute approximate surface area is 108 Å². The van der Waals surface area contributed by atoms with E-state index in [0.29, 0.717) is 13.0 Å². The lowest BCUT2D eigenvalue weighted by Gasteiger charge is -2.01. The molecule has 0 bridgehead atoms. The van der Waals surface area contributed by atoms with Crippen molar-refractivity contribution in [2.45, 2.75) is 32.6 Å². The Morgan fingerprint density at radius 3 is 2.83 bits per heavy atom. The van der Waals surface area contributed by atoms with Gasteiger partial charge in [-0.1, -0.05) is 25.1 Å². The van der Waals surface area contributed by atoms with E-state index in [4.69, 9.17) is 5.73 Å². The second-order valence-corrected chi connectivity index (χ2v) is 4.58. The standard InChI is InChI=1S/C15H20N2O/c1-2-6-15(18)17-11-12(7-5-10-16)13-8-3-4-9-14(13)17/h3-4,8-9,11H,2,5-7,10,16H2,1H3. The van der Waals surface area contributed by atoms with E-state index >= 15 is 0 Å². The first kappa shape index (κ1) is 12.8. The predicted molar refractivity (Wildman–Crippen MR) is 74.8 cm³/mol. The lowest BCUT2D eigenvalue weighted by molar-refractivity contribution is 0.0907. The Kier molecular flexibility index (Phi) is 4.15. The van der Waals surface area contributed by atoms with Crippen molar-refractivity contribution in [3.05, 3.63) is 36.0 Å². The van der Waals surface area contributed by atoms with Gasteiger partial charge >= 0.3 is 0 Å². The lowest BCUT2D eigenvalue weighted by Crippen LogP contribution is -2.08. The molecule has 1 heterocycles. The molecule has 2 N–H and O–H groups in total. The van der Waals surface area contributed by atoms with E-state index in [9.17, 15) is 4.79 Å².